The number of likely N-dealkylation sites (tertiary alicyclic amines) is 1. The van der Waals surface area contributed by atoms with Gasteiger partial charge in [-0.05, 0) is 55.8 Å². The van der Waals surface area contributed by atoms with Crippen LogP contribution in [0.25, 0.3) is 0 Å². The minimum atomic E-state index is -1.13. The lowest BCUT2D eigenvalue weighted by Gasteiger charge is -2.38. The van der Waals surface area contributed by atoms with Gasteiger partial charge in [0.05, 0.1) is 0 Å². The standard InChI is InChI=1S/C23H28F3N5O/c24-19-1-2-20(25)22(26)18(19)15-30-9-11-31(12-10-30)23(32)17-4-7-29(8-5-17)14-16-3-6-28-21(27)13-16/h1-3,6,13,17H,4-5,7-12,14-15H2,(H2,27,28). The van der Waals surface area contributed by atoms with Gasteiger partial charge in [0, 0.05) is 56.9 Å². The third-order valence-electron chi connectivity index (χ3n) is 6.39. The summed E-state index contributed by atoms with van der Waals surface area (Å²) < 4.78 is 41.3. The molecule has 1 aromatic heterocycles. The smallest absolute Gasteiger partial charge is 0.225 e. The van der Waals surface area contributed by atoms with Gasteiger partial charge in [-0.15, -0.1) is 0 Å². The number of carbonyl (C=O) groups is 1. The number of halogens is 3. The third-order valence-corrected chi connectivity index (χ3v) is 6.39. The molecule has 0 atom stereocenters. The SMILES string of the molecule is Nc1cc(CN2CCC(C(=O)N3CCN(Cc4c(F)ccc(F)c4F)CC3)CC2)ccn1. The Morgan fingerprint density at radius 3 is 2.28 bits per heavy atom. The number of piperidine rings is 1. The van der Waals surface area contributed by atoms with E-state index >= 15 is 0 Å². The number of nitrogens with two attached hydrogens (primary N) is 1. The number of piperazine rings is 1. The summed E-state index contributed by atoms with van der Waals surface area (Å²) in [5, 5.41) is 0. The van der Waals surface area contributed by atoms with E-state index in [-0.39, 0.29) is 23.9 Å². The second-order valence-electron chi connectivity index (χ2n) is 8.56. The van der Waals surface area contributed by atoms with Crippen molar-refractivity contribution in [3.05, 3.63) is 59.0 Å². The zero-order valence-electron chi connectivity index (χ0n) is 17.9. The molecule has 2 N–H and O–H groups in total. The molecule has 2 aliphatic heterocycles. The van der Waals surface area contributed by atoms with Crippen LogP contribution in [0.2, 0.25) is 0 Å². The van der Waals surface area contributed by atoms with E-state index in [1.807, 2.05) is 21.9 Å². The summed E-state index contributed by atoms with van der Waals surface area (Å²) in [6.45, 7) is 4.50. The van der Waals surface area contributed by atoms with Crippen LogP contribution in [0.4, 0.5) is 19.0 Å². The predicted molar refractivity (Wildman–Crippen MR) is 115 cm³/mol. The normalized spacial score (nSPS) is 18.8. The van der Waals surface area contributed by atoms with Gasteiger partial charge in [-0.2, -0.15) is 0 Å². The average Bonchev–Trinajstić information content (AvgIpc) is 2.80. The van der Waals surface area contributed by atoms with Gasteiger partial charge in [0.15, 0.2) is 11.6 Å². The Morgan fingerprint density at radius 1 is 0.938 bits per heavy atom. The summed E-state index contributed by atoms with van der Waals surface area (Å²) in [6.07, 6.45) is 3.32. The van der Waals surface area contributed by atoms with Gasteiger partial charge in [-0.3, -0.25) is 14.6 Å². The molecule has 6 nitrogen and oxygen atoms in total. The Balaban J connectivity index is 1.24. The molecule has 172 valence electrons. The highest BCUT2D eigenvalue weighted by atomic mass is 19.2. The van der Waals surface area contributed by atoms with E-state index < -0.39 is 17.5 Å². The fraction of sp³-hybridized carbons (Fsp3) is 0.478. The number of hydrogen-bond acceptors (Lipinski definition) is 5. The number of rotatable bonds is 5. The lowest BCUT2D eigenvalue weighted by molar-refractivity contribution is -0.139. The highest BCUT2D eigenvalue weighted by molar-refractivity contribution is 5.79. The lowest BCUT2D eigenvalue weighted by Crippen LogP contribution is -2.51. The van der Waals surface area contributed by atoms with Gasteiger partial charge in [-0.1, -0.05) is 0 Å². The number of hydrogen-bond donors (Lipinski definition) is 1. The molecule has 2 fully saturated rings. The van der Waals surface area contributed by atoms with Gasteiger partial charge >= 0.3 is 0 Å². The molecule has 0 radical (unpaired) electrons. The maximum absolute atomic E-state index is 13.9. The summed E-state index contributed by atoms with van der Waals surface area (Å²) in [6, 6.07) is 5.57. The van der Waals surface area contributed by atoms with Gasteiger partial charge in [-0.25, -0.2) is 18.2 Å². The number of nitrogen functional groups attached to an aromatic ring is 1. The Hall–Kier alpha value is -2.65. The molecule has 0 aliphatic carbocycles. The van der Waals surface area contributed by atoms with Crippen molar-refractivity contribution >= 4 is 11.7 Å². The average molecular weight is 448 g/mol. The molecular weight excluding hydrogens is 419 g/mol. The number of aromatic nitrogens is 1. The fourth-order valence-corrected chi connectivity index (χ4v) is 4.51. The summed E-state index contributed by atoms with van der Waals surface area (Å²) in [5.41, 5.74) is 6.60. The van der Waals surface area contributed by atoms with Crippen LogP contribution in [0.5, 0.6) is 0 Å². The molecule has 3 heterocycles. The first-order valence-electron chi connectivity index (χ1n) is 11.0. The Bertz CT molecular complexity index is 957. The minimum absolute atomic E-state index is 0.00147. The minimum Gasteiger partial charge on any atom is -0.384 e. The highest BCUT2D eigenvalue weighted by Gasteiger charge is 2.31. The fourth-order valence-electron chi connectivity index (χ4n) is 4.51. The quantitative estimate of drug-likeness (QED) is 0.714. The molecular formula is C23H28F3N5O. The van der Waals surface area contributed by atoms with Crippen molar-refractivity contribution in [2.24, 2.45) is 5.92 Å². The monoisotopic (exact) mass is 447 g/mol. The van der Waals surface area contributed by atoms with E-state index in [9.17, 15) is 18.0 Å². The van der Waals surface area contributed by atoms with E-state index in [2.05, 4.69) is 9.88 Å². The number of amides is 1. The summed E-state index contributed by atoms with van der Waals surface area (Å²) in [5.74, 6) is -2.27. The molecule has 2 saturated heterocycles. The Kier molecular flexibility index (Phi) is 6.95. The van der Waals surface area contributed by atoms with Gasteiger partial charge in [0.25, 0.3) is 0 Å². The predicted octanol–water partition coefficient (Wildman–Crippen LogP) is 2.64. The maximum atomic E-state index is 13.9. The number of carbonyl (C=O) groups excluding carboxylic acids is 1. The van der Waals surface area contributed by atoms with Crippen LogP contribution >= 0.6 is 0 Å². The molecule has 2 aliphatic rings. The highest BCUT2D eigenvalue weighted by Crippen LogP contribution is 2.23. The van der Waals surface area contributed by atoms with Crippen molar-refractivity contribution in [2.75, 3.05) is 45.0 Å². The number of pyridine rings is 1. The topological polar surface area (TPSA) is 65.7 Å². The van der Waals surface area contributed by atoms with E-state index in [0.29, 0.717) is 32.0 Å². The van der Waals surface area contributed by atoms with Gasteiger partial charge in [0.1, 0.15) is 11.6 Å². The maximum Gasteiger partial charge on any atom is 0.225 e. The third kappa shape index (κ3) is 5.21. The molecule has 2 aromatic rings. The van der Waals surface area contributed by atoms with Crippen molar-refractivity contribution < 1.29 is 18.0 Å². The summed E-state index contributed by atoms with van der Waals surface area (Å²) >= 11 is 0. The van der Waals surface area contributed by atoms with Crippen LogP contribution < -0.4 is 5.73 Å². The Labute approximate surface area is 185 Å². The van der Waals surface area contributed by atoms with E-state index in [1.54, 1.807) is 6.20 Å². The molecule has 0 bridgehead atoms. The van der Waals surface area contributed by atoms with Crippen molar-refractivity contribution in [3.63, 3.8) is 0 Å². The molecule has 1 amide bonds. The number of nitrogens with zero attached hydrogens (tertiary/aromatic N) is 4. The molecule has 4 rings (SSSR count). The first kappa shape index (κ1) is 22.5. The van der Waals surface area contributed by atoms with Gasteiger partial charge < -0.3 is 10.6 Å². The zero-order valence-corrected chi connectivity index (χ0v) is 17.9. The zero-order chi connectivity index (χ0) is 22.7. The van der Waals surface area contributed by atoms with Crippen LogP contribution in [-0.4, -0.2) is 64.9 Å². The summed E-state index contributed by atoms with van der Waals surface area (Å²) in [7, 11) is 0. The molecule has 0 unspecified atom stereocenters. The van der Waals surface area contributed by atoms with Crippen molar-refractivity contribution in [1.82, 2.24) is 19.7 Å². The second kappa shape index (κ2) is 9.87. The van der Waals surface area contributed by atoms with Crippen LogP contribution in [0, 0.1) is 23.4 Å². The van der Waals surface area contributed by atoms with Crippen molar-refractivity contribution in [3.8, 4) is 0 Å². The van der Waals surface area contributed by atoms with Crippen molar-refractivity contribution in [2.45, 2.75) is 25.9 Å². The Morgan fingerprint density at radius 2 is 1.59 bits per heavy atom. The van der Waals surface area contributed by atoms with Crippen LogP contribution in [0.15, 0.2) is 30.5 Å². The van der Waals surface area contributed by atoms with Crippen LogP contribution in [0.3, 0.4) is 0 Å². The molecule has 0 saturated carbocycles. The van der Waals surface area contributed by atoms with Crippen LogP contribution in [0.1, 0.15) is 24.0 Å². The van der Waals surface area contributed by atoms with E-state index in [1.165, 1.54) is 0 Å². The van der Waals surface area contributed by atoms with Gasteiger partial charge in [0.2, 0.25) is 5.91 Å². The molecule has 32 heavy (non-hydrogen) atoms. The lowest BCUT2D eigenvalue weighted by atomic mass is 9.94. The first-order valence-corrected chi connectivity index (χ1v) is 11.0. The summed E-state index contributed by atoms with van der Waals surface area (Å²) in [4.78, 5) is 23.0. The second-order valence-corrected chi connectivity index (χ2v) is 8.56. The van der Waals surface area contributed by atoms with Crippen LogP contribution in [-0.2, 0) is 17.9 Å². The molecule has 9 heteroatoms. The number of benzene rings is 1. The largest absolute Gasteiger partial charge is 0.384 e. The first-order chi connectivity index (χ1) is 15.4. The molecule has 0 spiro atoms. The number of anilines is 1. The van der Waals surface area contributed by atoms with E-state index in [4.69, 9.17) is 5.73 Å². The van der Waals surface area contributed by atoms with Crippen molar-refractivity contribution in [1.29, 1.82) is 0 Å². The molecule has 1 aromatic carbocycles. The van der Waals surface area contributed by atoms with E-state index in [0.717, 1.165) is 50.2 Å².